The number of nitrogens with zero attached hydrogens (tertiary/aromatic N) is 5. The average molecular weight is 595 g/mol. The van der Waals surface area contributed by atoms with E-state index < -0.39 is 12.6 Å². The highest BCUT2D eigenvalue weighted by molar-refractivity contribution is 7.18. The summed E-state index contributed by atoms with van der Waals surface area (Å²) in [6, 6.07) is 12.1. The second-order valence-corrected chi connectivity index (χ2v) is 10.7. The number of nitrogens with one attached hydrogen (secondary N) is 1. The SMILES string of the molecule is COc1cc(-c2ccc(CN[C@H]3CC[C@@H](N(C)c4ncnc5sc(CC(F)(F)F)cc45)C3)cc2)nnc1OC.Cl. The van der Waals surface area contributed by atoms with Gasteiger partial charge in [0, 0.05) is 42.2 Å². The minimum Gasteiger partial charge on any atom is -0.491 e. The molecule has 1 aliphatic carbocycles. The van der Waals surface area contributed by atoms with Crippen molar-refractivity contribution < 1.29 is 22.6 Å². The molecular weight excluding hydrogens is 565 g/mol. The van der Waals surface area contributed by atoms with Gasteiger partial charge in [-0.15, -0.1) is 33.9 Å². The Bertz CT molecular complexity index is 1440. The summed E-state index contributed by atoms with van der Waals surface area (Å²) in [5.74, 6) is 1.55. The fraction of sp³-hybridized carbons (Fsp3) is 0.407. The molecule has 5 rings (SSSR count). The number of methoxy groups -OCH3 is 2. The monoisotopic (exact) mass is 594 g/mol. The molecule has 3 heterocycles. The second kappa shape index (κ2) is 12.5. The van der Waals surface area contributed by atoms with E-state index in [0.717, 1.165) is 48.3 Å². The Labute approximate surface area is 240 Å². The topological polar surface area (TPSA) is 85.3 Å². The van der Waals surface area contributed by atoms with Crippen LogP contribution in [0.3, 0.4) is 0 Å². The molecule has 4 aromatic rings. The van der Waals surface area contributed by atoms with E-state index in [1.807, 2.05) is 19.2 Å². The van der Waals surface area contributed by atoms with Crippen LogP contribution in [0.4, 0.5) is 19.0 Å². The van der Waals surface area contributed by atoms with E-state index in [9.17, 15) is 13.2 Å². The molecule has 0 radical (unpaired) electrons. The Balaban J connectivity index is 0.00000370. The maximum absolute atomic E-state index is 12.9. The molecule has 0 aliphatic heterocycles. The van der Waals surface area contributed by atoms with Crippen LogP contribution < -0.4 is 19.7 Å². The number of ether oxygens (including phenoxy) is 2. The van der Waals surface area contributed by atoms with Gasteiger partial charge in [0.15, 0.2) is 5.75 Å². The van der Waals surface area contributed by atoms with E-state index in [-0.39, 0.29) is 23.3 Å². The minimum atomic E-state index is -4.25. The van der Waals surface area contributed by atoms with Gasteiger partial charge in [0.25, 0.3) is 5.88 Å². The lowest BCUT2D eigenvalue weighted by molar-refractivity contribution is -0.126. The van der Waals surface area contributed by atoms with Crippen molar-refractivity contribution in [3.8, 4) is 22.9 Å². The van der Waals surface area contributed by atoms with Crippen molar-refractivity contribution in [1.29, 1.82) is 0 Å². The minimum absolute atomic E-state index is 0. The first kappa shape index (κ1) is 29.8. The van der Waals surface area contributed by atoms with E-state index >= 15 is 0 Å². The smallest absolute Gasteiger partial charge is 0.393 e. The summed E-state index contributed by atoms with van der Waals surface area (Å²) >= 11 is 1.08. The van der Waals surface area contributed by atoms with E-state index in [2.05, 4.69) is 42.5 Å². The van der Waals surface area contributed by atoms with Gasteiger partial charge in [0.05, 0.1) is 31.7 Å². The molecule has 0 spiro atoms. The summed E-state index contributed by atoms with van der Waals surface area (Å²) in [4.78, 5) is 11.6. The molecule has 0 amide bonds. The van der Waals surface area contributed by atoms with Crippen LogP contribution in [0, 0.1) is 0 Å². The van der Waals surface area contributed by atoms with Crippen LogP contribution >= 0.6 is 23.7 Å². The van der Waals surface area contributed by atoms with Gasteiger partial charge in [-0.2, -0.15) is 13.2 Å². The second-order valence-electron chi connectivity index (χ2n) is 9.58. The van der Waals surface area contributed by atoms with Gasteiger partial charge in [0.2, 0.25) is 0 Å². The molecule has 0 saturated heterocycles. The molecule has 1 fully saturated rings. The van der Waals surface area contributed by atoms with E-state index in [4.69, 9.17) is 9.47 Å². The summed E-state index contributed by atoms with van der Waals surface area (Å²) in [6.45, 7) is 0.724. The van der Waals surface area contributed by atoms with Gasteiger partial charge in [-0.25, -0.2) is 9.97 Å². The molecule has 8 nitrogen and oxygen atoms in total. The fourth-order valence-corrected chi connectivity index (χ4v) is 6.00. The zero-order chi connectivity index (χ0) is 27.6. The van der Waals surface area contributed by atoms with Gasteiger partial charge in [-0.1, -0.05) is 24.3 Å². The third kappa shape index (κ3) is 6.73. The number of halogens is 4. The number of thiophene rings is 1. The van der Waals surface area contributed by atoms with Crippen molar-refractivity contribution in [3.63, 3.8) is 0 Å². The standard InChI is InChI=1S/C27H29F3N6O2S.ClH/c1-36(24-21-11-20(13-27(28,29)30)39-26(21)33-15-32-24)19-9-8-18(10-19)31-14-16-4-6-17(7-5-16)22-12-23(37-2)25(38-3)35-34-22;/h4-7,11-12,15,18-19,31H,8-10,13-14H2,1-3H3;1H/t18-,19+;/m0./s1. The average Bonchev–Trinajstić information content (AvgIpc) is 3.57. The molecule has 1 aromatic carbocycles. The molecule has 3 aromatic heterocycles. The van der Waals surface area contributed by atoms with Gasteiger partial charge < -0.3 is 19.7 Å². The van der Waals surface area contributed by atoms with Crippen LogP contribution in [-0.2, 0) is 13.0 Å². The Kier molecular flexibility index (Phi) is 9.32. The molecular formula is C27H30ClF3N6O2S. The van der Waals surface area contributed by atoms with Crippen LogP contribution in [0.5, 0.6) is 11.6 Å². The van der Waals surface area contributed by atoms with Crippen LogP contribution in [0.25, 0.3) is 21.5 Å². The lowest BCUT2D eigenvalue weighted by atomic mass is 10.1. The number of hydrogen-bond donors (Lipinski definition) is 1. The van der Waals surface area contributed by atoms with Crippen LogP contribution in [0.15, 0.2) is 42.7 Å². The third-order valence-corrected chi connectivity index (χ3v) is 8.05. The first-order valence-electron chi connectivity index (χ1n) is 12.6. The normalized spacial score (nSPS) is 17.1. The molecule has 1 saturated carbocycles. The molecule has 214 valence electrons. The van der Waals surface area contributed by atoms with Crippen molar-refractivity contribution in [2.24, 2.45) is 0 Å². The van der Waals surface area contributed by atoms with Crippen molar-refractivity contribution in [2.45, 2.75) is 50.5 Å². The Morgan fingerprint density at radius 1 is 1.05 bits per heavy atom. The molecule has 40 heavy (non-hydrogen) atoms. The molecule has 0 unspecified atom stereocenters. The summed E-state index contributed by atoms with van der Waals surface area (Å²) < 4.78 is 49.2. The predicted molar refractivity (Wildman–Crippen MR) is 152 cm³/mol. The van der Waals surface area contributed by atoms with E-state index in [0.29, 0.717) is 39.4 Å². The number of fused-ring (bicyclic) bond motifs is 1. The molecule has 1 N–H and O–H groups in total. The maximum atomic E-state index is 12.9. The van der Waals surface area contributed by atoms with Crippen molar-refractivity contribution in [1.82, 2.24) is 25.5 Å². The van der Waals surface area contributed by atoms with Crippen LogP contribution in [0.1, 0.15) is 29.7 Å². The molecule has 0 bridgehead atoms. The summed E-state index contributed by atoms with van der Waals surface area (Å²) in [5, 5.41) is 12.6. The number of rotatable bonds is 9. The first-order chi connectivity index (χ1) is 18.7. The predicted octanol–water partition coefficient (Wildman–Crippen LogP) is 5.84. The number of anilines is 1. The van der Waals surface area contributed by atoms with Gasteiger partial charge in [-0.3, -0.25) is 0 Å². The van der Waals surface area contributed by atoms with Gasteiger partial charge in [-0.05, 0) is 30.9 Å². The summed E-state index contributed by atoms with van der Waals surface area (Å²) in [7, 11) is 5.05. The number of alkyl halides is 3. The number of aromatic nitrogens is 4. The van der Waals surface area contributed by atoms with E-state index in [1.165, 1.54) is 13.4 Å². The van der Waals surface area contributed by atoms with Crippen molar-refractivity contribution in [2.75, 3.05) is 26.2 Å². The van der Waals surface area contributed by atoms with Crippen molar-refractivity contribution in [3.05, 3.63) is 53.2 Å². The highest BCUT2D eigenvalue weighted by Gasteiger charge is 2.31. The fourth-order valence-electron chi connectivity index (χ4n) is 4.97. The lowest BCUT2D eigenvalue weighted by Crippen LogP contribution is -2.33. The lowest BCUT2D eigenvalue weighted by Gasteiger charge is -2.26. The molecule has 13 heteroatoms. The van der Waals surface area contributed by atoms with Crippen LogP contribution in [0.2, 0.25) is 0 Å². The summed E-state index contributed by atoms with van der Waals surface area (Å²) in [6.07, 6.45) is -0.871. The van der Waals surface area contributed by atoms with Gasteiger partial charge in [0.1, 0.15) is 17.0 Å². The van der Waals surface area contributed by atoms with Crippen molar-refractivity contribution >= 4 is 39.8 Å². The molecule has 1 aliphatic rings. The van der Waals surface area contributed by atoms with Crippen LogP contribution in [-0.4, -0.2) is 59.7 Å². The Morgan fingerprint density at radius 3 is 2.52 bits per heavy atom. The highest BCUT2D eigenvalue weighted by atomic mass is 35.5. The third-order valence-electron chi connectivity index (χ3n) is 7.01. The quantitative estimate of drug-likeness (QED) is 0.259. The Hall–Kier alpha value is -3.22. The zero-order valence-electron chi connectivity index (χ0n) is 22.2. The van der Waals surface area contributed by atoms with Gasteiger partial charge >= 0.3 is 6.18 Å². The summed E-state index contributed by atoms with van der Waals surface area (Å²) in [5.41, 5.74) is 2.78. The largest absolute Gasteiger partial charge is 0.491 e. The Morgan fingerprint density at radius 2 is 1.82 bits per heavy atom. The number of hydrogen-bond acceptors (Lipinski definition) is 9. The number of benzene rings is 1. The highest BCUT2D eigenvalue weighted by Crippen LogP contribution is 2.36. The van der Waals surface area contributed by atoms with E-state index in [1.54, 1.807) is 19.2 Å². The molecule has 2 atom stereocenters. The maximum Gasteiger partial charge on any atom is 0.393 e. The first-order valence-corrected chi connectivity index (χ1v) is 13.4. The zero-order valence-corrected chi connectivity index (χ0v) is 23.9.